The highest BCUT2D eigenvalue weighted by Crippen LogP contribution is 2.21. The van der Waals surface area contributed by atoms with Gasteiger partial charge in [-0.3, -0.25) is 14.5 Å². The van der Waals surface area contributed by atoms with Crippen LogP contribution >= 0.6 is 0 Å². The molecule has 0 heterocycles. The van der Waals surface area contributed by atoms with Gasteiger partial charge in [-0.05, 0) is 57.2 Å². The van der Waals surface area contributed by atoms with E-state index in [0.29, 0.717) is 30.9 Å². The third-order valence-corrected chi connectivity index (χ3v) is 4.13. The average molecular weight is 354 g/mol. The smallest absolute Gasteiger partial charge is 0.258 e. The molecule has 5 heteroatoms. The summed E-state index contributed by atoms with van der Waals surface area (Å²) in [5.41, 5.74) is 1.22. The number of anilines is 1. The molecule has 0 fully saturated rings. The van der Waals surface area contributed by atoms with Crippen LogP contribution in [0, 0.1) is 0 Å². The van der Waals surface area contributed by atoms with Gasteiger partial charge in [-0.15, -0.1) is 0 Å². The van der Waals surface area contributed by atoms with Crippen molar-refractivity contribution in [1.29, 1.82) is 0 Å². The van der Waals surface area contributed by atoms with Gasteiger partial charge in [0.05, 0.1) is 6.61 Å². The Hall–Kier alpha value is -2.82. The van der Waals surface area contributed by atoms with Crippen molar-refractivity contribution in [2.45, 2.75) is 20.8 Å². The lowest BCUT2D eigenvalue weighted by molar-refractivity contribution is -0.129. The molecule has 2 amide bonds. The van der Waals surface area contributed by atoms with Gasteiger partial charge in [-0.25, -0.2) is 0 Å². The maximum absolute atomic E-state index is 13.0. The Morgan fingerprint density at radius 3 is 2.04 bits per heavy atom. The Morgan fingerprint density at radius 1 is 0.885 bits per heavy atom. The quantitative estimate of drug-likeness (QED) is 0.728. The molecule has 0 unspecified atom stereocenters. The zero-order valence-corrected chi connectivity index (χ0v) is 15.6. The molecule has 2 aromatic carbocycles. The summed E-state index contributed by atoms with van der Waals surface area (Å²) < 4.78 is 5.46. The van der Waals surface area contributed by atoms with Crippen molar-refractivity contribution in [3.05, 3.63) is 60.2 Å². The number of benzene rings is 2. The van der Waals surface area contributed by atoms with E-state index in [4.69, 9.17) is 4.74 Å². The van der Waals surface area contributed by atoms with Gasteiger partial charge in [0.25, 0.3) is 5.91 Å². The summed E-state index contributed by atoms with van der Waals surface area (Å²) in [5.74, 6) is 0.460. The number of likely N-dealkylation sites (N-methyl/N-ethyl adjacent to an activating group) is 1. The second-order valence-corrected chi connectivity index (χ2v) is 5.75. The summed E-state index contributed by atoms with van der Waals surface area (Å²) in [6.07, 6.45) is 0. The van der Waals surface area contributed by atoms with Gasteiger partial charge in [0, 0.05) is 24.3 Å². The van der Waals surface area contributed by atoms with Gasteiger partial charge in [-0.2, -0.15) is 0 Å². The van der Waals surface area contributed by atoms with E-state index in [2.05, 4.69) is 0 Å². The van der Waals surface area contributed by atoms with E-state index in [1.807, 2.05) is 51.1 Å². The zero-order chi connectivity index (χ0) is 18.9. The van der Waals surface area contributed by atoms with E-state index in [-0.39, 0.29) is 18.4 Å². The highest BCUT2D eigenvalue weighted by molar-refractivity contribution is 6.08. The molecular weight excluding hydrogens is 328 g/mol. The monoisotopic (exact) mass is 354 g/mol. The molecule has 0 aromatic heterocycles. The Balaban J connectivity index is 2.31. The molecule has 0 saturated carbocycles. The standard InChI is InChI=1S/C21H26N2O3/c1-4-22(5-2)20(24)16-23(21(25)17-10-8-7-9-11-17)18-12-14-19(15-13-18)26-6-3/h7-15H,4-6,16H2,1-3H3. The molecule has 0 aliphatic rings. The van der Waals surface area contributed by atoms with Crippen molar-refractivity contribution in [2.75, 3.05) is 31.1 Å². The fraction of sp³-hybridized carbons (Fsp3) is 0.333. The first-order chi connectivity index (χ1) is 12.6. The van der Waals surface area contributed by atoms with Crippen LogP contribution in [0.25, 0.3) is 0 Å². The number of rotatable bonds is 8. The van der Waals surface area contributed by atoms with Crippen molar-refractivity contribution in [3.63, 3.8) is 0 Å². The van der Waals surface area contributed by atoms with Gasteiger partial charge >= 0.3 is 0 Å². The van der Waals surface area contributed by atoms with Crippen molar-refractivity contribution in [3.8, 4) is 5.75 Å². The SMILES string of the molecule is CCOc1ccc(N(CC(=O)N(CC)CC)C(=O)c2ccccc2)cc1. The van der Waals surface area contributed by atoms with E-state index in [9.17, 15) is 9.59 Å². The number of amides is 2. The van der Waals surface area contributed by atoms with Crippen LogP contribution < -0.4 is 9.64 Å². The lowest BCUT2D eigenvalue weighted by atomic mass is 10.1. The fourth-order valence-electron chi connectivity index (χ4n) is 2.72. The minimum Gasteiger partial charge on any atom is -0.494 e. The first-order valence-electron chi connectivity index (χ1n) is 8.98. The fourth-order valence-corrected chi connectivity index (χ4v) is 2.72. The van der Waals surface area contributed by atoms with Crippen LogP contribution in [-0.2, 0) is 4.79 Å². The molecule has 0 spiro atoms. The number of hydrogen-bond donors (Lipinski definition) is 0. The lowest BCUT2D eigenvalue weighted by Gasteiger charge is -2.26. The molecule has 0 bridgehead atoms. The van der Waals surface area contributed by atoms with Crippen LogP contribution in [0.3, 0.4) is 0 Å². The Labute approximate surface area is 155 Å². The molecule has 0 radical (unpaired) electrons. The predicted octanol–water partition coefficient (Wildman–Crippen LogP) is 3.60. The number of carbonyl (C=O) groups excluding carboxylic acids is 2. The first-order valence-corrected chi connectivity index (χ1v) is 8.98. The minimum atomic E-state index is -0.199. The van der Waals surface area contributed by atoms with Crippen LogP contribution in [0.1, 0.15) is 31.1 Å². The largest absolute Gasteiger partial charge is 0.494 e. The molecule has 0 aliphatic heterocycles. The van der Waals surface area contributed by atoms with Crippen LogP contribution in [0.2, 0.25) is 0 Å². The number of nitrogens with zero attached hydrogens (tertiary/aromatic N) is 2. The molecule has 5 nitrogen and oxygen atoms in total. The van der Waals surface area contributed by atoms with E-state index in [1.54, 1.807) is 29.2 Å². The molecule has 2 rings (SSSR count). The molecular formula is C21H26N2O3. The van der Waals surface area contributed by atoms with Crippen LogP contribution in [0.5, 0.6) is 5.75 Å². The van der Waals surface area contributed by atoms with Crippen molar-refractivity contribution < 1.29 is 14.3 Å². The zero-order valence-electron chi connectivity index (χ0n) is 15.6. The molecule has 0 N–H and O–H groups in total. The molecule has 0 saturated heterocycles. The summed E-state index contributed by atoms with van der Waals surface area (Å²) in [4.78, 5) is 28.9. The lowest BCUT2D eigenvalue weighted by Crippen LogP contribution is -2.43. The third-order valence-electron chi connectivity index (χ3n) is 4.13. The van der Waals surface area contributed by atoms with Crippen molar-refractivity contribution >= 4 is 17.5 Å². The van der Waals surface area contributed by atoms with Crippen LogP contribution in [-0.4, -0.2) is 43.0 Å². The minimum absolute atomic E-state index is 0.00336. The molecule has 0 atom stereocenters. The Bertz CT molecular complexity index is 710. The second kappa shape index (κ2) is 9.61. The second-order valence-electron chi connectivity index (χ2n) is 5.75. The van der Waals surface area contributed by atoms with Gasteiger partial charge in [0.15, 0.2) is 0 Å². The summed E-state index contributed by atoms with van der Waals surface area (Å²) in [6.45, 7) is 7.60. The van der Waals surface area contributed by atoms with E-state index >= 15 is 0 Å². The molecule has 138 valence electrons. The summed E-state index contributed by atoms with van der Waals surface area (Å²) in [5, 5.41) is 0. The Kier molecular flexibility index (Phi) is 7.21. The van der Waals surface area contributed by atoms with E-state index in [0.717, 1.165) is 5.75 Å². The average Bonchev–Trinajstić information content (AvgIpc) is 2.68. The van der Waals surface area contributed by atoms with Crippen molar-refractivity contribution in [2.24, 2.45) is 0 Å². The molecule has 26 heavy (non-hydrogen) atoms. The highest BCUT2D eigenvalue weighted by Gasteiger charge is 2.22. The third kappa shape index (κ3) is 4.85. The normalized spacial score (nSPS) is 10.3. The van der Waals surface area contributed by atoms with Crippen molar-refractivity contribution in [1.82, 2.24) is 4.90 Å². The maximum Gasteiger partial charge on any atom is 0.258 e. The summed E-state index contributed by atoms with van der Waals surface area (Å²) in [7, 11) is 0. The van der Waals surface area contributed by atoms with Gasteiger partial charge in [0.2, 0.25) is 5.91 Å². The molecule has 0 aliphatic carbocycles. The van der Waals surface area contributed by atoms with Crippen LogP contribution in [0.4, 0.5) is 5.69 Å². The first kappa shape index (κ1) is 19.5. The summed E-state index contributed by atoms with van der Waals surface area (Å²) in [6, 6.07) is 16.2. The van der Waals surface area contributed by atoms with Gasteiger partial charge < -0.3 is 9.64 Å². The number of ether oxygens (including phenoxy) is 1. The topological polar surface area (TPSA) is 49.9 Å². The van der Waals surface area contributed by atoms with E-state index < -0.39 is 0 Å². The number of carbonyl (C=O) groups is 2. The highest BCUT2D eigenvalue weighted by atomic mass is 16.5. The van der Waals surface area contributed by atoms with Gasteiger partial charge in [0.1, 0.15) is 12.3 Å². The summed E-state index contributed by atoms with van der Waals surface area (Å²) >= 11 is 0. The Morgan fingerprint density at radius 2 is 1.50 bits per heavy atom. The van der Waals surface area contributed by atoms with E-state index in [1.165, 1.54) is 4.90 Å². The van der Waals surface area contributed by atoms with Gasteiger partial charge in [-0.1, -0.05) is 18.2 Å². The maximum atomic E-state index is 13.0. The van der Waals surface area contributed by atoms with Crippen LogP contribution in [0.15, 0.2) is 54.6 Å². The molecule has 2 aromatic rings. The predicted molar refractivity (Wildman–Crippen MR) is 104 cm³/mol. The number of hydrogen-bond acceptors (Lipinski definition) is 3.